The molecule has 1 N–H and O–H groups in total. The van der Waals surface area contributed by atoms with Crippen LogP contribution in [0, 0.1) is 17.2 Å². The first-order chi connectivity index (χ1) is 9.63. The summed E-state index contributed by atoms with van der Waals surface area (Å²) in [6, 6.07) is 2.17. The van der Waals surface area contributed by atoms with Gasteiger partial charge in [-0.2, -0.15) is 5.26 Å². The first kappa shape index (κ1) is 14.6. The van der Waals surface area contributed by atoms with E-state index < -0.39 is 5.54 Å². The molecular weight excluding hydrogens is 256 g/mol. The summed E-state index contributed by atoms with van der Waals surface area (Å²) in [7, 11) is 0. The van der Waals surface area contributed by atoms with E-state index in [0.29, 0.717) is 19.3 Å². The summed E-state index contributed by atoms with van der Waals surface area (Å²) in [5.41, 5.74) is -0.752. The monoisotopic (exact) mass is 276 g/mol. The van der Waals surface area contributed by atoms with Crippen LogP contribution in [-0.4, -0.2) is 24.0 Å². The highest BCUT2D eigenvalue weighted by molar-refractivity contribution is 5.81. The molecule has 0 aliphatic heterocycles. The largest absolute Gasteiger partial charge is 0.456 e. The van der Waals surface area contributed by atoms with E-state index in [2.05, 4.69) is 17.5 Å². The highest BCUT2D eigenvalue weighted by Crippen LogP contribution is 2.28. The van der Waals surface area contributed by atoms with Gasteiger partial charge in [0.25, 0.3) is 5.91 Å². The van der Waals surface area contributed by atoms with Gasteiger partial charge in [-0.1, -0.05) is 12.2 Å². The quantitative estimate of drug-likeness (QED) is 0.614. The lowest BCUT2D eigenvalue weighted by Gasteiger charge is -2.21. The van der Waals surface area contributed by atoms with Crippen LogP contribution in [0.4, 0.5) is 0 Å². The van der Waals surface area contributed by atoms with Crippen LogP contribution in [0.15, 0.2) is 12.2 Å². The molecule has 0 aromatic heterocycles. The number of hydrogen-bond donors (Lipinski definition) is 1. The predicted octanol–water partition coefficient (Wildman–Crippen LogP) is 1.84. The summed E-state index contributed by atoms with van der Waals surface area (Å²) in [6.07, 6.45) is 9.62. The van der Waals surface area contributed by atoms with Gasteiger partial charge in [0.15, 0.2) is 6.61 Å². The van der Waals surface area contributed by atoms with Crippen molar-refractivity contribution in [1.82, 2.24) is 5.32 Å². The van der Waals surface area contributed by atoms with Crippen LogP contribution in [0.25, 0.3) is 0 Å². The van der Waals surface area contributed by atoms with Gasteiger partial charge in [0, 0.05) is 0 Å². The van der Waals surface area contributed by atoms with Crippen molar-refractivity contribution in [1.29, 1.82) is 5.26 Å². The molecule has 0 saturated heterocycles. The number of esters is 1. The third kappa shape index (κ3) is 3.83. The summed E-state index contributed by atoms with van der Waals surface area (Å²) in [5, 5.41) is 11.9. The summed E-state index contributed by atoms with van der Waals surface area (Å²) in [5.74, 6) is -0.497. The summed E-state index contributed by atoms with van der Waals surface area (Å²) >= 11 is 0. The molecule has 20 heavy (non-hydrogen) atoms. The van der Waals surface area contributed by atoms with Crippen molar-refractivity contribution in [2.75, 3.05) is 6.61 Å². The number of nitriles is 1. The molecule has 2 rings (SSSR count). The maximum atomic E-state index is 11.8. The average Bonchev–Trinajstić information content (AvgIpc) is 3.09. The van der Waals surface area contributed by atoms with E-state index in [0.717, 1.165) is 25.7 Å². The van der Waals surface area contributed by atoms with Gasteiger partial charge in [-0.3, -0.25) is 9.59 Å². The minimum Gasteiger partial charge on any atom is -0.456 e. The Kier molecular flexibility index (Phi) is 4.78. The lowest BCUT2D eigenvalue weighted by atomic mass is 10.00. The molecular formula is C15H20N2O3. The van der Waals surface area contributed by atoms with Gasteiger partial charge in [0.05, 0.1) is 12.5 Å². The molecule has 2 aliphatic rings. The van der Waals surface area contributed by atoms with Crippen molar-refractivity contribution in [3.8, 4) is 6.07 Å². The zero-order valence-corrected chi connectivity index (χ0v) is 11.6. The number of hydrogen-bond acceptors (Lipinski definition) is 4. The fraction of sp³-hybridized carbons (Fsp3) is 0.667. The standard InChI is InChI=1S/C15H20N2O3/c16-11-15(7-3-4-8-15)17-13(18)10-20-14(19)9-12-5-1-2-6-12/h1,5,12H,2-4,6-10H2,(H,17,18)/t12-/m1/s1. The number of allylic oxidation sites excluding steroid dienone is 2. The molecule has 1 saturated carbocycles. The Balaban J connectivity index is 1.70. The molecule has 0 unspecified atom stereocenters. The predicted molar refractivity (Wildman–Crippen MR) is 72.4 cm³/mol. The Labute approximate surface area is 119 Å². The van der Waals surface area contributed by atoms with Gasteiger partial charge in [-0.25, -0.2) is 0 Å². The second kappa shape index (κ2) is 6.56. The molecule has 0 heterocycles. The molecule has 2 aliphatic carbocycles. The van der Waals surface area contributed by atoms with E-state index in [-0.39, 0.29) is 24.4 Å². The van der Waals surface area contributed by atoms with E-state index in [4.69, 9.17) is 10.00 Å². The molecule has 0 aromatic carbocycles. The lowest BCUT2D eigenvalue weighted by molar-refractivity contribution is -0.149. The number of rotatable bonds is 5. The third-order valence-corrected chi connectivity index (χ3v) is 3.96. The van der Waals surface area contributed by atoms with Crippen LogP contribution in [0.2, 0.25) is 0 Å². The van der Waals surface area contributed by atoms with E-state index in [1.807, 2.05) is 6.08 Å². The first-order valence-electron chi connectivity index (χ1n) is 7.18. The molecule has 0 spiro atoms. The highest BCUT2D eigenvalue weighted by Gasteiger charge is 2.35. The third-order valence-electron chi connectivity index (χ3n) is 3.96. The van der Waals surface area contributed by atoms with Gasteiger partial charge in [0.2, 0.25) is 0 Å². The maximum Gasteiger partial charge on any atom is 0.306 e. The molecule has 1 amide bonds. The Morgan fingerprint density at radius 3 is 2.75 bits per heavy atom. The van der Waals surface area contributed by atoms with Crippen molar-refractivity contribution in [3.05, 3.63) is 12.2 Å². The van der Waals surface area contributed by atoms with Crippen molar-refractivity contribution in [3.63, 3.8) is 0 Å². The molecule has 5 nitrogen and oxygen atoms in total. The van der Waals surface area contributed by atoms with Crippen molar-refractivity contribution in [2.45, 2.75) is 50.5 Å². The van der Waals surface area contributed by atoms with Gasteiger partial charge in [-0.15, -0.1) is 0 Å². The molecule has 1 atom stereocenters. The van der Waals surface area contributed by atoms with Gasteiger partial charge < -0.3 is 10.1 Å². The zero-order valence-electron chi connectivity index (χ0n) is 11.6. The first-order valence-corrected chi connectivity index (χ1v) is 7.18. The highest BCUT2D eigenvalue weighted by atomic mass is 16.5. The minimum absolute atomic E-state index is 0.242. The van der Waals surface area contributed by atoms with Gasteiger partial charge in [-0.05, 0) is 44.4 Å². The lowest BCUT2D eigenvalue weighted by Crippen LogP contribution is -2.46. The topological polar surface area (TPSA) is 79.2 Å². The minimum atomic E-state index is -0.752. The SMILES string of the molecule is N#CC1(NC(=O)COC(=O)C[C@@H]2C=CCC2)CCCC1. The Morgan fingerprint density at radius 1 is 1.40 bits per heavy atom. The molecule has 108 valence electrons. The second-order valence-corrected chi connectivity index (χ2v) is 5.58. The fourth-order valence-electron chi connectivity index (χ4n) is 2.83. The number of ether oxygens (including phenoxy) is 1. The van der Waals surface area contributed by atoms with Crippen LogP contribution in [0.3, 0.4) is 0 Å². The molecule has 0 radical (unpaired) electrons. The van der Waals surface area contributed by atoms with Crippen LogP contribution in [-0.2, 0) is 14.3 Å². The Bertz CT molecular complexity index is 445. The molecule has 5 heteroatoms. The van der Waals surface area contributed by atoms with E-state index >= 15 is 0 Å². The van der Waals surface area contributed by atoms with Crippen LogP contribution < -0.4 is 5.32 Å². The molecule has 0 bridgehead atoms. The van der Waals surface area contributed by atoms with Crippen molar-refractivity contribution < 1.29 is 14.3 Å². The van der Waals surface area contributed by atoms with Crippen molar-refractivity contribution in [2.24, 2.45) is 5.92 Å². The zero-order chi connectivity index (χ0) is 14.4. The number of amides is 1. The van der Waals surface area contributed by atoms with Crippen LogP contribution in [0.1, 0.15) is 44.9 Å². The van der Waals surface area contributed by atoms with Crippen LogP contribution in [0.5, 0.6) is 0 Å². The summed E-state index contributed by atoms with van der Waals surface area (Å²) < 4.78 is 4.97. The smallest absolute Gasteiger partial charge is 0.306 e. The van der Waals surface area contributed by atoms with Crippen LogP contribution >= 0.6 is 0 Å². The maximum absolute atomic E-state index is 11.8. The number of carbonyl (C=O) groups excluding carboxylic acids is 2. The van der Waals surface area contributed by atoms with Gasteiger partial charge >= 0.3 is 5.97 Å². The Hall–Kier alpha value is -1.83. The molecule has 0 aromatic rings. The summed E-state index contributed by atoms with van der Waals surface area (Å²) in [6.45, 7) is -0.293. The number of nitrogens with one attached hydrogen (secondary N) is 1. The fourth-order valence-corrected chi connectivity index (χ4v) is 2.83. The van der Waals surface area contributed by atoms with Gasteiger partial charge in [0.1, 0.15) is 5.54 Å². The average molecular weight is 276 g/mol. The van der Waals surface area contributed by atoms with E-state index in [1.54, 1.807) is 0 Å². The molecule has 1 fully saturated rings. The normalized spacial score (nSPS) is 23.2. The number of nitrogens with zero attached hydrogens (tertiary/aromatic N) is 1. The Morgan fingerprint density at radius 2 is 2.15 bits per heavy atom. The summed E-state index contributed by atoms with van der Waals surface area (Å²) in [4.78, 5) is 23.3. The van der Waals surface area contributed by atoms with Crippen molar-refractivity contribution >= 4 is 11.9 Å². The second-order valence-electron chi connectivity index (χ2n) is 5.58. The van der Waals surface area contributed by atoms with E-state index in [9.17, 15) is 9.59 Å². The van der Waals surface area contributed by atoms with E-state index in [1.165, 1.54) is 0 Å². The number of carbonyl (C=O) groups is 2.